The van der Waals surface area contributed by atoms with Gasteiger partial charge in [-0.15, -0.1) is 11.8 Å². The Morgan fingerprint density at radius 1 is 1.23 bits per heavy atom. The first-order valence-electron chi connectivity index (χ1n) is 9.17. The summed E-state index contributed by atoms with van der Waals surface area (Å²) in [6, 6.07) is 12.3. The first kappa shape index (κ1) is 22.4. The Morgan fingerprint density at radius 2 is 1.97 bits per heavy atom. The van der Waals surface area contributed by atoms with Crippen LogP contribution in [0.3, 0.4) is 0 Å². The van der Waals surface area contributed by atoms with Gasteiger partial charge < -0.3 is 5.32 Å². The number of carbonyl (C=O) groups excluding carboxylic acids is 1. The molecule has 0 saturated carbocycles. The van der Waals surface area contributed by atoms with Crippen molar-refractivity contribution in [1.29, 1.82) is 0 Å². The van der Waals surface area contributed by atoms with E-state index in [1.54, 1.807) is 41.0 Å². The fourth-order valence-electron chi connectivity index (χ4n) is 3.10. The van der Waals surface area contributed by atoms with Gasteiger partial charge in [0.05, 0.1) is 22.2 Å². The third kappa shape index (κ3) is 4.88. The van der Waals surface area contributed by atoms with Crippen molar-refractivity contribution < 1.29 is 13.2 Å². The molecule has 0 unspecified atom stereocenters. The number of amides is 1. The summed E-state index contributed by atoms with van der Waals surface area (Å²) in [5.41, 5.74) is 1.75. The fraction of sp³-hybridized carbons (Fsp3) is 0.300. The lowest BCUT2D eigenvalue weighted by atomic mass is 10.2. The lowest BCUT2D eigenvalue weighted by molar-refractivity contribution is -0.114. The number of thioether (sulfide) groups is 1. The zero-order valence-electron chi connectivity index (χ0n) is 17.1. The van der Waals surface area contributed by atoms with Crippen LogP contribution in [0, 0.1) is 0 Å². The highest BCUT2D eigenvalue weighted by Crippen LogP contribution is 2.26. The number of sulfonamides is 1. The lowest BCUT2D eigenvalue weighted by Gasteiger charge is -2.22. The summed E-state index contributed by atoms with van der Waals surface area (Å²) < 4.78 is 28.1. The van der Waals surface area contributed by atoms with Crippen LogP contribution in [0.2, 0.25) is 0 Å². The van der Waals surface area contributed by atoms with Gasteiger partial charge in [-0.3, -0.25) is 18.5 Å². The molecule has 2 aromatic carbocycles. The average molecular weight is 466 g/mol. The second-order valence-electron chi connectivity index (χ2n) is 7.03. The van der Waals surface area contributed by atoms with Gasteiger partial charge >= 0.3 is 4.87 Å². The minimum atomic E-state index is -3.66. The minimum absolute atomic E-state index is 0.0343. The smallest absolute Gasteiger partial charge is 0.308 e. The SMILES string of the molecule is CSc1cccc(N(CC(=O)Nc2ccc3c(c2)sc(=O)n3C(C)C)S(C)(=O)=O)c1. The molecule has 0 radical (unpaired) electrons. The second-order valence-corrected chi connectivity index (χ2v) is 10.8. The molecule has 160 valence electrons. The number of hydrogen-bond donors (Lipinski definition) is 1. The predicted molar refractivity (Wildman–Crippen MR) is 126 cm³/mol. The molecule has 0 atom stereocenters. The van der Waals surface area contributed by atoms with Crippen molar-refractivity contribution in [2.45, 2.75) is 24.8 Å². The Bertz CT molecular complexity index is 1250. The molecule has 3 rings (SSSR count). The van der Waals surface area contributed by atoms with Gasteiger partial charge in [0.15, 0.2) is 0 Å². The number of hydrogen-bond acceptors (Lipinski definition) is 6. The van der Waals surface area contributed by atoms with Crippen molar-refractivity contribution in [3.63, 3.8) is 0 Å². The van der Waals surface area contributed by atoms with Crippen LogP contribution in [0.25, 0.3) is 10.2 Å². The summed E-state index contributed by atoms with van der Waals surface area (Å²) in [5, 5.41) is 2.74. The van der Waals surface area contributed by atoms with E-state index in [1.807, 2.05) is 26.2 Å². The Kier molecular flexibility index (Phi) is 6.59. The van der Waals surface area contributed by atoms with Gasteiger partial charge in [0.25, 0.3) is 0 Å². The number of carbonyl (C=O) groups is 1. The Balaban J connectivity index is 1.84. The predicted octanol–water partition coefficient (Wildman–Crippen LogP) is 3.77. The Labute approximate surface area is 183 Å². The van der Waals surface area contributed by atoms with Gasteiger partial charge in [-0.2, -0.15) is 0 Å². The lowest BCUT2D eigenvalue weighted by Crippen LogP contribution is -2.37. The normalized spacial score (nSPS) is 11.8. The second kappa shape index (κ2) is 8.83. The first-order valence-corrected chi connectivity index (χ1v) is 13.1. The van der Waals surface area contributed by atoms with Crippen LogP contribution >= 0.6 is 23.1 Å². The third-order valence-corrected chi connectivity index (χ3v) is 7.23. The zero-order valence-corrected chi connectivity index (χ0v) is 19.5. The molecule has 0 aliphatic carbocycles. The van der Waals surface area contributed by atoms with E-state index >= 15 is 0 Å². The van der Waals surface area contributed by atoms with E-state index in [0.29, 0.717) is 11.4 Å². The van der Waals surface area contributed by atoms with E-state index in [-0.39, 0.29) is 17.5 Å². The molecule has 3 aromatic rings. The van der Waals surface area contributed by atoms with E-state index in [4.69, 9.17) is 0 Å². The highest BCUT2D eigenvalue weighted by Gasteiger charge is 2.21. The number of thiazole rings is 1. The molecule has 0 aliphatic rings. The van der Waals surface area contributed by atoms with Crippen LogP contribution in [0.5, 0.6) is 0 Å². The summed E-state index contributed by atoms with van der Waals surface area (Å²) in [5.74, 6) is -0.468. The molecule has 0 spiro atoms. The molecule has 0 fully saturated rings. The molecule has 0 saturated heterocycles. The summed E-state index contributed by atoms with van der Waals surface area (Å²) in [6.45, 7) is 3.53. The van der Waals surface area contributed by atoms with Crippen molar-refractivity contribution in [2.24, 2.45) is 0 Å². The molecule has 10 heteroatoms. The highest BCUT2D eigenvalue weighted by atomic mass is 32.2. The van der Waals surface area contributed by atoms with E-state index in [2.05, 4.69) is 5.32 Å². The van der Waals surface area contributed by atoms with Crippen LogP contribution in [0.15, 0.2) is 52.2 Å². The molecule has 0 aliphatic heterocycles. The van der Waals surface area contributed by atoms with Crippen LogP contribution < -0.4 is 14.5 Å². The molecule has 1 aromatic heterocycles. The highest BCUT2D eigenvalue weighted by molar-refractivity contribution is 7.98. The number of nitrogens with one attached hydrogen (secondary N) is 1. The summed E-state index contributed by atoms with van der Waals surface area (Å²) >= 11 is 2.61. The van der Waals surface area contributed by atoms with E-state index in [1.165, 1.54) is 11.8 Å². The maximum Gasteiger partial charge on any atom is 0.308 e. The van der Waals surface area contributed by atoms with Gasteiger partial charge in [0.2, 0.25) is 15.9 Å². The van der Waals surface area contributed by atoms with Crippen molar-refractivity contribution in [2.75, 3.05) is 28.7 Å². The largest absolute Gasteiger partial charge is 0.324 e. The van der Waals surface area contributed by atoms with Gasteiger partial charge in [-0.05, 0) is 56.5 Å². The van der Waals surface area contributed by atoms with Crippen LogP contribution in [-0.2, 0) is 14.8 Å². The molecule has 0 bridgehead atoms. The Hall–Kier alpha value is -2.30. The number of benzene rings is 2. The maximum atomic E-state index is 12.6. The molecule has 1 heterocycles. The number of fused-ring (bicyclic) bond motifs is 1. The van der Waals surface area contributed by atoms with E-state index in [9.17, 15) is 18.0 Å². The quantitative estimate of drug-likeness (QED) is 0.537. The summed E-state index contributed by atoms with van der Waals surface area (Å²) in [4.78, 5) is 25.7. The average Bonchev–Trinajstić information content (AvgIpc) is 3.00. The van der Waals surface area contributed by atoms with Crippen LogP contribution in [-0.4, -0.2) is 37.9 Å². The van der Waals surface area contributed by atoms with Crippen molar-refractivity contribution in [1.82, 2.24) is 4.57 Å². The van der Waals surface area contributed by atoms with Crippen molar-refractivity contribution in [3.8, 4) is 0 Å². The molecule has 7 nitrogen and oxygen atoms in total. The third-order valence-electron chi connectivity index (χ3n) is 4.44. The van der Waals surface area contributed by atoms with Crippen molar-refractivity contribution in [3.05, 3.63) is 52.1 Å². The molecule has 1 N–H and O–H groups in total. The van der Waals surface area contributed by atoms with Crippen LogP contribution in [0.1, 0.15) is 19.9 Å². The molecule has 1 amide bonds. The topological polar surface area (TPSA) is 88.5 Å². The minimum Gasteiger partial charge on any atom is -0.324 e. The van der Waals surface area contributed by atoms with Crippen LogP contribution in [0.4, 0.5) is 11.4 Å². The van der Waals surface area contributed by atoms with Gasteiger partial charge in [0, 0.05) is 16.6 Å². The number of rotatable bonds is 7. The molecular formula is C20H23N3O4S3. The van der Waals surface area contributed by atoms with Crippen molar-refractivity contribution >= 4 is 60.6 Å². The van der Waals surface area contributed by atoms with E-state index in [0.717, 1.165) is 37.0 Å². The molecule has 30 heavy (non-hydrogen) atoms. The summed E-state index contributed by atoms with van der Waals surface area (Å²) in [7, 11) is -3.66. The summed E-state index contributed by atoms with van der Waals surface area (Å²) in [6.07, 6.45) is 2.97. The number of aromatic nitrogens is 1. The van der Waals surface area contributed by atoms with Gasteiger partial charge in [-0.25, -0.2) is 8.42 Å². The van der Waals surface area contributed by atoms with E-state index < -0.39 is 15.9 Å². The fourth-order valence-corrected chi connectivity index (χ4v) is 5.45. The first-order chi connectivity index (χ1) is 14.1. The molecular weight excluding hydrogens is 442 g/mol. The number of anilines is 2. The van der Waals surface area contributed by atoms with Gasteiger partial charge in [-0.1, -0.05) is 17.4 Å². The maximum absolute atomic E-state index is 12.6. The standard InChI is InChI=1S/C20H23N3O4S3/c1-13(2)23-17-9-8-14(10-18(17)29-20(23)25)21-19(24)12-22(30(4,26)27)15-6-5-7-16(11-15)28-3/h5-11,13H,12H2,1-4H3,(H,21,24). The zero-order chi connectivity index (χ0) is 22.1. The van der Waals surface area contributed by atoms with Gasteiger partial charge in [0.1, 0.15) is 6.54 Å². The number of nitrogens with zero attached hydrogens (tertiary/aromatic N) is 2. The monoisotopic (exact) mass is 465 g/mol. The Morgan fingerprint density at radius 3 is 2.60 bits per heavy atom.